The lowest BCUT2D eigenvalue weighted by Crippen LogP contribution is -2.45. The first-order chi connectivity index (χ1) is 9.70. The third-order valence-electron chi connectivity index (χ3n) is 3.52. The average Bonchev–Trinajstić information content (AvgIpc) is 2.53. The van der Waals surface area contributed by atoms with Crippen molar-refractivity contribution in [3.63, 3.8) is 0 Å². The topological polar surface area (TPSA) is 67.4 Å². The molecule has 0 spiro atoms. The lowest BCUT2D eigenvalue weighted by molar-refractivity contribution is -0.128. The van der Waals surface area contributed by atoms with Gasteiger partial charge < -0.3 is 4.74 Å². The van der Waals surface area contributed by atoms with Crippen molar-refractivity contribution in [2.45, 2.75) is 26.2 Å². The minimum absolute atomic E-state index is 0.0773. The molecule has 0 bridgehead atoms. The van der Waals surface area contributed by atoms with E-state index >= 15 is 0 Å². The normalized spacial score (nSPS) is 15.7. The van der Waals surface area contributed by atoms with Crippen LogP contribution in [0.2, 0.25) is 0 Å². The molecule has 1 aliphatic rings. The first-order valence-electron chi connectivity index (χ1n) is 6.97. The summed E-state index contributed by atoms with van der Waals surface area (Å²) in [6, 6.07) is 7.34. The fourth-order valence-electron chi connectivity index (χ4n) is 2.14. The van der Waals surface area contributed by atoms with Gasteiger partial charge >= 0.3 is 0 Å². The standard InChI is InChI=1S/C15H20N2O3/c1-2-11-3-5-12(6-4-11)14(18)16-17-15(19)13-7-9-20-10-8-13/h3-6,13H,2,7-10H2,1H3,(H,16,18)(H,17,19). The molecule has 2 N–H and O–H groups in total. The molecule has 0 radical (unpaired) electrons. The third kappa shape index (κ3) is 3.81. The summed E-state index contributed by atoms with van der Waals surface area (Å²) in [6.45, 7) is 3.26. The Bertz CT molecular complexity index is 465. The number of rotatable bonds is 3. The Balaban J connectivity index is 1.83. The van der Waals surface area contributed by atoms with E-state index in [-0.39, 0.29) is 17.7 Å². The van der Waals surface area contributed by atoms with E-state index in [1.807, 2.05) is 12.1 Å². The van der Waals surface area contributed by atoms with Gasteiger partial charge in [-0.15, -0.1) is 0 Å². The number of hydrogen-bond acceptors (Lipinski definition) is 3. The predicted molar refractivity (Wildman–Crippen MR) is 75.0 cm³/mol. The lowest BCUT2D eigenvalue weighted by atomic mass is 10.00. The molecule has 1 heterocycles. The summed E-state index contributed by atoms with van der Waals surface area (Å²) >= 11 is 0. The van der Waals surface area contributed by atoms with Crippen LogP contribution in [0, 0.1) is 5.92 Å². The molecule has 5 heteroatoms. The molecule has 1 saturated heterocycles. The minimum Gasteiger partial charge on any atom is -0.381 e. The molecule has 0 aromatic heterocycles. The molecule has 2 rings (SSSR count). The Morgan fingerprint density at radius 1 is 1.15 bits per heavy atom. The minimum atomic E-state index is -0.298. The first-order valence-corrected chi connectivity index (χ1v) is 6.97. The second-order valence-corrected chi connectivity index (χ2v) is 4.88. The number of aryl methyl sites for hydroxylation is 1. The van der Waals surface area contributed by atoms with Gasteiger partial charge in [0.25, 0.3) is 5.91 Å². The second kappa shape index (κ2) is 7.05. The number of benzene rings is 1. The smallest absolute Gasteiger partial charge is 0.269 e. The molecule has 20 heavy (non-hydrogen) atoms. The summed E-state index contributed by atoms with van der Waals surface area (Å²) in [7, 11) is 0. The van der Waals surface area contributed by atoms with Gasteiger partial charge in [0.2, 0.25) is 5.91 Å². The number of carbonyl (C=O) groups excluding carboxylic acids is 2. The van der Waals surface area contributed by atoms with Crippen LogP contribution in [0.15, 0.2) is 24.3 Å². The highest BCUT2D eigenvalue weighted by Gasteiger charge is 2.21. The zero-order valence-electron chi connectivity index (χ0n) is 11.6. The van der Waals surface area contributed by atoms with Gasteiger partial charge in [-0.3, -0.25) is 20.4 Å². The fraction of sp³-hybridized carbons (Fsp3) is 0.467. The lowest BCUT2D eigenvalue weighted by Gasteiger charge is -2.21. The highest BCUT2D eigenvalue weighted by molar-refractivity contribution is 5.95. The van der Waals surface area contributed by atoms with Gasteiger partial charge in [0.1, 0.15) is 0 Å². The number of hydrazine groups is 1. The van der Waals surface area contributed by atoms with Gasteiger partial charge in [-0.25, -0.2) is 0 Å². The molecule has 1 aromatic carbocycles. The summed E-state index contributed by atoms with van der Waals surface area (Å²) in [5.74, 6) is -0.522. The van der Waals surface area contributed by atoms with Gasteiger partial charge in [-0.1, -0.05) is 19.1 Å². The first kappa shape index (κ1) is 14.5. The average molecular weight is 276 g/mol. The maximum absolute atomic E-state index is 11.9. The third-order valence-corrected chi connectivity index (χ3v) is 3.52. The van der Waals surface area contributed by atoms with Crippen molar-refractivity contribution >= 4 is 11.8 Å². The Labute approximate surface area is 118 Å². The van der Waals surface area contributed by atoms with E-state index in [9.17, 15) is 9.59 Å². The summed E-state index contributed by atoms with van der Waals surface area (Å²) in [4.78, 5) is 23.7. The van der Waals surface area contributed by atoms with Crippen molar-refractivity contribution in [3.05, 3.63) is 35.4 Å². The van der Waals surface area contributed by atoms with Crippen LogP contribution in [0.1, 0.15) is 35.7 Å². The van der Waals surface area contributed by atoms with Crippen LogP contribution in [0.25, 0.3) is 0 Å². The molecular weight excluding hydrogens is 256 g/mol. The highest BCUT2D eigenvalue weighted by Crippen LogP contribution is 2.14. The zero-order valence-corrected chi connectivity index (χ0v) is 11.6. The van der Waals surface area contributed by atoms with Crippen LogP contribution in [0.3, 0.4) is 0 Å². The number of nitrogens with one attached hydrogen (secondary N) is 2. The Morgan fingerprint density at radius 3 is 2.40 bits per heavy atom. The molecule has 108 valence electrons. The predicted octanol–water partition coefficient (Wildman–Crippen LogP) is 1.44. The van der Waals surface area contributed by atoms with Gasteiger partial charge in [0, 0.05) is 24.7 Å². The molecule has 1 aliphatic heterocycles. The molecule has 1 fully saturated rings. The maximum atomic E-state index is 11.9. The fourth-order valence-corrected chi connectivity index (χ4v) is 2.14. The number of ether oxygens (including phenoxy) is 1. The Kier molecular flexibility index (Phi) is 5.12. The van der Waals surface area contributed by atoms with Crippen molar-refractivity contribution in [2.24, 2.45) is 5.92 Å². The molecule has 0 saturated carbocycles. The van der Waals surface area contributed by atoms with E-state index in [0.717, 1.165) is 6.42 Å². The maximum Gasteiger partial charge on any atom is 0.269 e. The van der Waals surface area contributed by atoms with Crippen LogP contribution < -0.4 is 10.9 Å². The quantitative estimate of drug-likeness (QED) is 0.821. The van der Waals surface area contributed by atoms with Gasteiger partial charge in [0.05, 0.1) is 0 Å². The molecule has 1 aromatic rings. The summed E-state index contributed by atoms with van der Waals surface area (Å²) in [5, 5.41) is 0. The molecular formula is C15H20N2O3. The second-order valence-electron chi connectivity index (χ2n) is 4.88. The number of amides is 2. The molecule has 0 unspecified atom stereocenters. The molecule has 2 amide bonds. The summed E-state index contributed by atoms with van der Waals surface area (Å²) in [5.41, 5.74) is 6.65. The number of hydrogen-bond donors (Lipinski definition) is 2. The monoisotopic (exact) mass is 276 g/mol. The van der Waals surface area contributed by atoms with E-state index in [4.69, 9.17) is 4.74 Å². The summed E-state index contributed by atoms with van der Waals surface area (Å²) < 4.78 is 5.20. The largest absolute Gasteiger partial charge is 0.381 e. The molecule has 5 nitrogen and oxygen atoms in total. The molecule has 0 atom stereocenters. The van der Waals surface area contributed by atoms with E-state index in [1.54, 1.807) is 12.1 Å². The summed E-state index contributed by atoms with van der Waals surface area (Å²) in [6.07, 6.45) is 2.34. The SMILES string of the molecule is CCc1ccc(C(=O)NNC(=O)C2CCOCC2)cc1. The van der Waals surface area contributed by atoms with Gasteiger partial charge in [0.15, 0.2) is 0 Å². The van der Waals surface area contributed by atoms with E-state index in [0.29, 0.717) is 31.6 Å². The Hall–Kier alpha value is -1.88. The van der Waals surface area contributed by atoms with Gasteiger partial charge in [-0.2, -0.15) is 0 Å². The van der Waals surface area contributed by atoms with Crippen LogP contribution in [0.5, 0.6) is 0 Å². The van der Waals surface area contributed by atoms with Crippen LogP contribution >= 0.6 is 0 Å². The zero-order chi connectivity index (χ0) is 14.4. The van der Waals surface area contributed by atoms with Crippen LogP contribution in [-0.2, 0) is 16.0 Å². The van der Waals surface area contributed by atoms with Gasteiger partial charge in [-0.05, 0) is 37.0 Å². The molecule has 0 aliphatic carbocycles. The van der Waals surface area contributed by atoms with Crippen molar-refractivity contribution in [1.29, 1.82) is 0 Å². The van der Waals surface area contributed by atoms with E-state index in [1.165, 1.54) is 5.56 Å². The van der Waals surface area contributed by atoms with E-state index in [2.05, 4.69) is 17.8 Å². The van der Waals surface area contributed by atoms with E-state index < -0.39 is 0 Å². The van der Waals surface area contributed by atoms with Crippen molar-refractivity contribution in [3.8, 4) is 0 Å². The van der Waals surface area contributed by atoms with Crippen molar-refractivity contribution in [1.82, 2.24) is 10.9 Å². The van der Waals surface area contributed by atoms with Crippen LogP contribution in [-0.4, -0.2) is 25.0 Å². The number of carbonyl (C=O) groups is 2. The Morgan fingerprint density at radius 2 is 1.80 bits per heavy atom. The van der Waals surface area contributed by atoms with Crippen LogP contribution in [0.4, 0.5) is 0 Å². The van der Waals surface area contributed by atoms with Crippen molar-refractivity contribution in [2.75, 3.05) is 13.2 Å². The highest BCUT2D eigenvalue weighted by atomic mass is 16.5. The van der Waals surface area contributed by atoms with Crippen molar-refractivity contribution < 1.29 is 14.3 Å².